The number of hydrogen-bond donors (Lipinski definition) is 3. The standard InChI is InChI=1S/C11H16N4O2/c1-13-10(16)3-5-15-11(17)8-2-4-14-9(6-8)7-12/h2,4,6H,3,5,7,12H2,1H3,(H,13,16)(H,15,17). The van der Waals surface area contributed by atoms with E-state index in [0.717, 1.165) is 0 Å². The predicted octanol–water partition coefficient (Wildman–Crippen LogP) is -0.594. The molecule has 0 unspecified atom stereocenters. The molecule has 1 aromatic rings. The molecule has 4 N–H and O–H groups in total. The molecule has 2 amide bonds. The van der Waals surface area contributed by atoms with Gasteiger partial charge in [-0.05, 0) is 12.1 Å². The van der Waals surface area contributed by atoms with Gasteiger partial charge in [-0.2, -0.15) is 0 Å². The van der Waals surface area contributed by atoms with Crippen molar-refractivity contribution in [3.63, 3.8) is 0 Å². The van der Waals surface area contributed by atoms with E-state index in [4.69, 9.17) is 5.73 Å². The Kier molecular flexibility index (Phi) is 5.09. The van der Waals surface area contributed by atoms with Gasteiger partial charge in [-0.1, -0.05) is 0 Å². The van der Waals surface area contributed by atoms with Crippen molar-refractivity contribution in [3.8, 4) is 0 Å². The zero-order chi connectivity index (χ0) is 12.7. The fraction of sp³-hybridized carbons (Fsp3) is 0.364. The molecule has 0 atom stereocenters. The normalized spacial score (nSPS) is 9.76. The molecule has 1 rings (SSSR count). The molecule has 17 heavy (non-hydrogen) atoms. The monoisotopic (exact) mass is 236 g/mol. The number of amides is 2. The van der Waals surface area contributed by atoms with E-state index in [0.29, 0.717) is 24.3 Å². The van der Waals surface area contributed by atoms with Crippen molar-refractivity contribution in [1.29, 1.82) is 0 Å². The maximum absolute atomic E-state index is 11.7. The van der Waals surface area contributed by atoms with Gasteiger partial charge in [0, 0.05) is 38.3 Å². The number of hydrogen-bond acceptors (Lipinski definition) is 4. The third-order valence-electron chi connectivity index (χ3n) is 2.20. The first-order valence-corrected chi connectivity index (χ1v) is 5.31. The molecule has 6 heteroatoms. The summed E-state index contributed by atoms with van der Waals surface area (Å²) in [5.41, 5.74) is 6.58. The van der Waals surface area contributed by atoms with Crippen molar-refractivity contribution in [1.82, 2.24) is 15.6 Å². The molecule has 1 heterocycles. The first-order valence-electron chi connectivity index (χ1n) is 5.31. The number of pyridine rings is 1. The van der Waals surface area contributed by atoms with Gasteiger partial charge in [0.15, 0.2) is 0 Å². The summed E-state index contributed by atoms with van der Waals surface area (Å²) >= 11 is 0. The summed E-state index contributed by atoms with van der Waals surface area (Å²) in [6.07, 6.45) is 1.80. The fourth-order valence-corrected chi connectivity index (χ4v) is 1.25. The average molecular weight is 236 g/mol. The highest BCUT2D eigenvalue weighted by molar-refractivity contribution is 5.94. The van der Waals surface area contributed by atoms with Gasteiger partial charge in [0.05, 0.1) is 5.69 Å². The number of nitrogens with two attached hydrogens (primary N) is 1. The van der Waals surface area contributed by atoms with E-state index in [1.54, 1.807) is 19.2 Å². The molecular formula is C11H16N4O2. The molecule has 0 saturated heterocycles. The molecule has 92 valence electrons. The molecule has 0 saturated carbocycles. The quantitative estimate of drug-likeness (QED) is 0.636. The average Bonchev–Trinajstić information content (AvgIpc) is 2.38. The van der Waals surface area contributed by atoms with E-state index in [1.165, 1.54) is 6.20 Å². The van der Waals surface area contributed by atoms with E-state index < -0.39 is 0 Å². The maximum atomic E-state index is 11.7. The van der Waals surface area contributed by atoms with Crippen molar-refractivity contribution < 1.29 is 9.59 Å². The van der Waals surface area contributed by atoms with Gasteiger partial charge in [-0.15, -0.1) is 0 Å². The van der Waals surface area contributed by atoms with Gasteiger partial charge in [0.25, 0.3) is 5.91 Å². The van der Waals surface area contributed by atoms with E-state index in [9.17, 15) is 9.59 Å². The van der Waals surface area contributed by atoms with Crippen molar-refractivity contribution in [2.24, 2.45) is 5.73 Å². The van der Waals surface area contributed by atoms with Gasteiger partial charge in [0.1, 0.15) is 0 Å². The second-order valence-corrected chi connectivity index (χ2v) is 3.42. The Morgan fingerprint density at radius 3 is 2.88 bits per heavy atom. The molecule has 1 aromatic heterocycles. The fourth-order valence-electron chi connectivity index (χ4n) is 1.25. The zero-order valence-electron chi connectivity index (χ0n) is 9.69. The van der Waals surface area contributed by atoms with Gasteiger partial charge >= 0.3 is 0 Å². The molecule has 6 nitrogen and oxygen atoms in total. The summed E-state index contributed by atoms with van der Waals surface area (Å²) in [4.78, 5) is 26.6. The van der Waals surface area contributed by atoms with Crippen LogP contribution in [0.2, 0.25) is 0 Å². The topological polar surface area (TPSA) is 97.1 Å². The number of carbonyl (C=O) groups excluding carboxylic acids is 2. The summed E-state index contributed by atoms with van der Waals surface area (Å²) in [5.74, 6) is -0.339. The minimum absolute atomic E-state index is 0.109. The smallest absolute Gasteiger partial charge is 0.251 e. The van der Waals surface area contributed by atoms with E-state index in [2.05, 4.69) is 15.6 Å². The summed E-state index contributed by atoms with van der Waals surface area (Å²) in [6, 6.07) is 3.24. The van der Waals surface area contributed by atoms with E-state index in [1.807, 2.05) is 0 Å². The third-order valence-corrected chi connectivity index (χ3v) is 2.20. The summed E-state index contributed by atoms with van der Waals surface area (Å²) in [7, 11) is 1.56. The lowest BCUT2D eigenvalue weighted by Gasteiger charge is -2.05. The molecule has 0 aliphatic carbocycles. The Morgan fingerprint density at radius 1 is 1.47 bits per heavy atom. The number of aromatic nitrogens is 1. The van der Waals surface area contributed by atoms with Crippen molar-refractivity contribution in [2.75, 3.05) is 13.6 Å². The minimum Gasteiger partial charge on any atom is -0.359 e. The van der Waals surface area contributed by atoms with Crippen LogP contribution in [0.1, 0.15) is 22.5 Å². The molecule has 0 radical (unpaired) electrons. The Morgan fingerprint density at radius 2 is 2.24 bits per heavy atom. The van der Waals surface area contributed by atoms with Gasteiger partial charge < -0.3 is 16.4 Å². The Bertz CT molecular complexity index is 406. The van der Waals surface area contributed by atoms with Crippen molar-refractivity contribution >= 4 is 11.8 Å². The van der Waals surface area contributed by atoms with Crippen LogP contribution in [0.4, 0.5) is 0 Å². The molecular weight excluding hydrogens is 220 g/mol. The lowest BCUT2D eigenvalue weighted by Crippen LogP contribution is -2.29. The van der Waals surface area contributed by atoms with Crippen LogP contribution in [-0.2, 0) is 11.3 Å². The third kappa shape index (κ3) is 4.20. The molecule has 0 aliphatic rings. The largest absolute Gasteiger partial charge is 0.359 e. The molecule has 0 aromatic carbocycles. The predicted molar refractivity (Wildman–Crippen MR) is 63.1 cm³/mol. The number of nitrogens with one attached hydrogen (secondary N) is 2. The summed E-state index contributed by atoms with van der Waals surface area (Å²) < 4.78 is 0. The second kappa shape index (κ2) is 6.59. The highest BCUT2D eigenvalue weighted by Gasteiger charge is 2.06. The maximum Gasteiger partial charge on any atom is 0.251 e. The lowest BCUT2D eigenvalue weighted by atomic mass is 10.2. The van der Waals surface area contributed by atoms with Crippen LogP contribution in [0, 0.1) is 0 Å². The number of carbonyl (C=O) groups is 2. The number of nitrogens with zero attached hydrogens (tertiary/aromatic N) is 1. The van der Waals surface area contributed by atoms with Crippen LogP contribution in [0.25, 0.3) is 0 Å². The second-order valence-electron chi connectivity index (χ2n) is 3.42. The highest BCUT2D eigenvalue weighted by Crippen LogP contribution is 2.01. The Labute approximate surface area is 99.6 Å². The lowest BCUT2D eigenvalue weighted by molar-refractivity contribution is -0.120. The number of rotatable bonds is 5. The van der Waals surface area contributed by atoms with E-state index >= 15 is 0 Å². The molecule has 0 spiro atoms. The van der Waals surface area contributed by atoms with Gasteiger partial charge in [-0.25, -0.2) is 0 Å². The zero-order valence-corrected chi connectivity index (χ0v) is 9.69. The SMILES string of the molecule is CNC(=O)CCNC(=O)c1ccnc(CN)c1. The van der Waals surface area contributed by atoms with Gasteiger partial charge in [-0.3, -0.25) is 14.6 Å². The highest BCUT2D eigenvalue weighted by atomic mass is 16.2. The first kappa shape index (κ1) is 13.1. The van der Waals surface area contributed by atoms with Crippen molar-refractivity contribution in [2.45, 2.75) is 13.0 Å². The molecule has 0 aliphatic heterocycles. The molecule has 0 fully saturated rings. The minimum atomic E-state index is -0.231. The van der Waals surface area contributed by atoms with Crippen LogP contribution in [0.5, 0.6) is 0 Å². The summed E-state index contributed by atoms with van der Waals surface area (Å²) in [6.45, 7) is 0.595. The van der Waals surface area contributed by atoms with Crippen LogP contribution in [0.3, 0.4) is 0 Å². The molecule has 0 bridgehead atoms. The summed E-state index contributed by atoms with van der Waals surface area (Å²) in [5, 5.41) is 5.13. The van der Waals surface area contributed by atoms with Crippen LogP contribution >= 0.6 is 0 Å². The first-order chi connectivity index (χ1) is 8.17. The van der Waals surface area contributed by atoms with Crippen LogP contribution in [0.15, 0.2) is 18.3 Å². The van der Waals surface area contributed by atoms with Crippen LogP contribution < -0.4 is 16.4 Å². The Balaban J connectivity index is 2.49. The van der Waals surface area contributed by atoms with Crippen LogP contribution in [-0.4, -0.2) is 30.4 Å². The Hall–Kier alpha value is -1.95. The van der Waals surface area contributed by atoms with Crippen molar-refractivity contribution in [3.05, 3.63) is 29.6 Å². The van der Waals surface area contributed by atoms with E-state index in [-0.39, 0.29) is 18.2 Å². The van der Waals surface area contributed by atoms with Gasteiger partial charge in [0.2, 0.25) is 5.91 Å².